The van der Waals surface area contributed by atoms with E-state index in [1.807, 2.05) is 0 Å². The molecular formula is C15H19NO4. The summed E-state index contributed by atoms with van der Waals surface area (Å²) in [6, 6.07) is 4.79. The second-order valence-corrected chi connectivity index (χ2v) is 5.00. The topological polar surface area (TPSA) is 66.8 Å². The summed E-state index contributed by atoms with van der Waals surface area (Å²) in [5, 5.41) is 8.78. The van der Waals surface area contributed by atoms with Crippen LogP contribution in [-0.2, 0) is 11.3 Å². The van der Waals surface area contributed by atoms with Gasteiger partial charge in [0.05, 0.1) is 7.11 Å². The van der Waals surface area contributed by atoms with Crippen LogP contribution in [0.5, 0.6) is 5.75 Å². The lowest BCUT2D eigenvalue weighted by molar-refractivity contribution is -0.131. The van der Waals surface area contributed by atoms with Gasteiger partial charge >= 0.3 is 5.97 Å². The standard InChI is InChI=1S/C15H19NO4/c1-20-13-6-5-11(14(17)15(18)19)9-12(13)10-16-7-3-2-4-8-16/h5-6,9H,2-4,7-8,10H2,1H3,(H,18,19). The van der Waals surface area contributed by atoms with Gasteiger partial charge in [-0.1, -0.05) is 6.42 Å². The molecule has 0 radical (unpaired) electrons. The van der Waals surface area contributed by atoms with Gasteiger partial charge in [0.2, 0.25) is 0 Å². The highest BCUT2D eigenvalue weighted by atomic mass is 16.5. The third-order valence-corrected chi connectivity index (χ3v) is 3.58. The van der Waals surface area contributed by atoms with E-state index in [1.165, 1.54) is 25.3 Å². The van der Waals surface area contributed by atoms with Crippen LogP contribution in [0.25, 0.3) is 0 Å². The fourth-order valence-corrected chi connectivity index (χ4v) is 2.53. The molecule has 1 aliphatic rings. The van der Waals surface area contributed by atoms with Crippen molar-refractivity contribution >= 4 is 11.8 Å². The number of carbonyl (C=O) groups excluding carboxylic acids is 1. The minimum atomic E-state index is -1.43. The minimum Gasteiger partial charge on any atom is -0.496 e. The normalized spacial score (nSPS) is 15.8. The zero-order valence-electron chi connectivity index (χ0n) is 11.6. The first-order chi connectivity index (χ1) is 9.61. The zero-order chi connectivity index (χ0) is 14.5. The van der Waals surface area contributed by atoms with E-state index in [0.717, 1.165) is 18.7 Å². The number of carbonyl (C=O) groups is 2. The van der Waals surface area contributed by atoms with Gasteiger partial charge in [0.15, 0.2) is 0 Å². The smallest absolute Gasteiger partial charge is 0.377 e. The van der Waals surface area contributed by atoms with Crippen LogP contribution >= 0.6 is 0 Å². The van der Waals surface area contributed by atoms with Crippen LogP contribution in [0, 0.1) is 0 Å². The van der Waals surface area contributed by atoms with Crippen LogP contribution in [0.15, 0.2) is 18.2 Å². The van der Waals surface area contributed by atoms with E-state index in [2.05, 4.69) is 4.90 Å². The quantitative estimate of drug-likeness (QED) is 0.658. The highest BCUT2D eigenvalue weighted by molar-refractivity contribution is 6.39. The number of piperidine rings is 1. The number of Topliss-reactive ketones (excluding diaryl/α,β-unsaturated/α-hetero) is 1. The van der Waals surface area contributed by atoms with Crippen LogP contribution in [0.4, 0.5) is 0 Å². The largest absolute Gasteiger partial charge is 0.496 e. The van der Waals surface area contributed by atoms with Gasteiger partial charge in [0.25, 0.3) is 5.78 Å². The number of likely N-dealkylation sites (tertiary alicyclic amines) is 1. The SMILES string of the molecule is COc1ccc(C(=O)C(=O)O)cc1CN1CCCCC1. The van der Waals surface area contributed by atoms with Crippen molar-refractivity contribution in [1.29, 1.82) is 0 Å². The number of nitrogens with zero attached hydrogens (tertiary/aromatic N) is 1. The van der Waals surface area contributed by atoms with E-state index in [1.54, 1.807) is 19.2 Å². The molecule has 1 aromatic carbocycles. The molecule has 1 aromatic rings. The lowest BCUT2D eigenvalue weighted by atomic mass is 10.0. The van der Waals surface area contributed by atoms with Gasteiger partial charge in [-0.15, -0.1) is 0 Å². The number of carboxylic acid groups (broad SMARTS) is 1. The number of benzene rings is 1. The summed E-state index contributed by atoms with van der Waals surface area (Å²) < 4.78 is 5.30. The molecule has 108 valence electrons. The summed E-state index contributed by atoms with van der Waals surface area (Å²) in [6.07, 6.45) is 3.61. The highest BCUT2D eigenvalue weighted by Gasteiger charge is 2.18. The van der Waals surface area contributed by atoms with Crippen LogP contribution in [0.2, 0.25) is 0 Å². The molecule has 1 N–H and O–H groups in total. The second kappa shape index (κ2) is 6.52. The number of hydrogen-bond acceptors (Lipinski definition) is 4. The minimum absolute atomic E-state index is 0.199. The maximum Gasteiger partial charge on any atom is 0.377 e. The summed E-state index contributed by atoms with van der Waals surface area (Å²) in [4.78, 5) is 24.6. The van der Waals surface area contributed by atoms with Crippen molar-refractivity contribution in [1.82, 2.24) is 4.90 Å². The third-order valence-electron chi connectivity index (χ3n) is 3.58. The predicted octanol–water partition coefficient (Wildman–Crippen LogP) is 1.95. The molecule has 0 aromatic heterocycles. The summed E-state index contributed by atoms with van der Waals surface area (Å²) >= 11 is 0. The molecule has 20 heavy (non-hydrogen) atoms. The van der Waals surface area contributed by atoms with Crippen molar-refractivity contribution in [3.63, 3.8) is 0 Å². The average Bonchev–Trinajstić information content (AvgIpc) is 2.47. The summed E-state index contributed by atoms with van der Waals surface area (Å²) in [5.74, 6) is -1.62. The number of ether oxygens (including phenoxy) is 1. The maximum atomic E-state index is 11.5. The molecule has 1 saturated heterocycles. The van der Waals surface area contributed by atoms with E-state index in [-0.39, 0.29) is 5.56 Å². The highest BCUT2D eigenvalue weighted by Crippen LogP contribution is 2.23. The van der Waals surface area contributed by atoms with E-state index in [0.29, 0.717) is 12.3 Å². The lowest BCUT2D eigenvalue weighted by Crippen LogP contribution is -2.29. The Morgan fingerprint density at radius 1 is 1.25 bits per heavy atom. The molecule has 0 aliphatic carbocycles. The van der Waals surface area contributed by atoms with Crippen LogP contribution in [0.3, 0.4) is 0 Å². The van der Waals surface area contributed by atoms with Crippen LogP contribution in [0.1, 0.15) is 35.2 Å². The zero-order valence-corrected chi connectivity index (χ0v) is 11.6. The first-order valence-corrected chi connectivity index (χ1v) is 6.78. The van der Waals surface area contributed by atoms with Crippen molar-refractivity contribution in [2.75, 3.05) is 20.2 Å². The van der Waals surface area contributed by atoms with Crippen LogP contribution in [-0.4, -0.2) is 42.0 Å². The Hall–Kier alpha value is -1.88. The molecule has 1 aliphatic heterocycles. The van der Waals surface area contributed by atoms with Crippen LogP contribution < -0.4 is 4.74 Å². The molecule has 0 amide bonds. The van der Waals surface area contributed by atoms with E-state index >= 15 is 0 Å². The first kappa shape index (κ1) is 14.5. The molecule has 0 unspecified atom stereocenters. The molecule has 0 bridgehead atoms. The van der Waals surface area contributed by atoms with E-state index < -0.39 is 11.8 Å². The predicted molar refractivity (Wildman–Crippen MR) is 74.1 cm³/mol. The van der Waals surface area contributed by atoms with E-state index in [9.17, 15) is 9.59 Å². The number of aliphatic carboxylic acids is 1. The summed E-state index contributed by atoms with van der Waals surface area (Å²) in [7, 11) is 1.58. The lowest BCUT2D eigenvalue weighted by Gasteiger charge is -2.27. The fraction of sp³-hybridized carbons (Fsp3) is 0.467. The molecule has 5 heteroatoms. The first-order valence-electron chi connectivity index (χ1n) is 6.78. The van der Waals surface area contributed by atoms with Crippen molar-refractivity contribution in [2.24, 2.45) is 0 Å². The van der Waals surface area contributed by atoms with Gasteiger partial charge in [-0.05, 0) is 44.1 Å². The van der Waals surface area contributed by atoms with Gasteiger partial charge in [0, 0.05) is 17.7 Å². The number of methoxy groups -OCH3 is 1. The summed E-state index contributed by atoms with van der Waals surface area (Å²) in [6.45, 7) is 2.74. The van der Waals surface area contributed by atoms with Gasteiger partial charge < -0.3 is 9.84 Å². The van der Waals surface area contributed by atoms with Crippen molar-refractivity contribution in [3.05, 3.63) is 29.3 Å². The molecule has 5 nitrogen and oxygen atoms in total. The maximum absolute atomic E-state index is 11.5. The molecule has 1 heterocycles. The Kier molecular flexibility index (Phi) is 4.74. The molecule has 0 saturated carbocycles. The molecule has 2 rings (SSSR count). The Morgan fingerprint density at radius 2 is 1.95 bits per heavy atom. The van der Waals surface area contributed by atoms with Crippen molar-refractivity contribution in [3.8, 4) is 5.75 Å². The number of carboxylic acids is 1. The van der Waals surface area contributed by atoms with Crippen molar-refractivity contribution < 1.29 is 19.4 Å². The second-order valence-electron chi connectivity index (χ2n) is 5.00. The molecular weight excluding hydrogens is 258 g/mol. The average molecular weight is 277 g/mol. The number of ketones is 1. The Morgan fingerprint density at radius 3 is 2.55 bits per heavy atom. The molecule has 1 fully saturated rings. The monoisotopic (exact) mass is 277 g/mol. The van der Waals surface area contributed by atoms with E-state index in [4.69, 9.17) is 9.84 Å². The third kappa shape index (κ3) is 3.36. The van der Waals surface area contributed by atoms with Gasteiger partial charge in [-0.25, -0.2) is 4.79 Å². The fourth-order valence-electron chi connectivity index (χ4n) is 2.53. The molecule has 0 atom stereocenters. The van der Waals surface area contributed by atoms with Gasteiger partial charge in [-0.3, -0.25) is 9.69 Å². The number of rotatable bonds is 5. The number of hydrogen-bond donors (Lipinski definition) is 1. The molecule has 0 spiro atoms. The van der Waals surface area contributed by atoms with Crippen molar-refractivity contribution in [2.45, 2.75) is 25.8 Å². The Labute approximate surface area is 118 Å². The van der Waals surface area contributed by atoms with Gasteiger partial charge in [0.1, 0.15) is 5.75 Å². The Balaban J connectivity index is 2.21. The summed E-state index contributed by atoms with van der Waals surface area (Å²) in [5.41, 5.74) is 1.06. The Bertz CT molecular complexity index is 507. The van der Waals surface area contributed by atoms with Gasteiger partial charge in [-0.2, -0.15) is 0 Å².